The van der Waals surface area contributed by atoms with E-state index < -0.39 is 18.1 Å². The van der Waals surface area contributed by atoms with Crippen LogP contribution >= 0.6 is 0 Å². The van der Waals surface area contributed by atoms with Gasteiger partial charge in [0.25, 0.3) is 0 Å². The summed E-state index contributed by atoms with van der Waals surface area (Å²) in [7, 11) is 0. The molecule has 2 N–H and O–H groups in total. The summed E-state index contributed by atoms with van der Waals surface area (Å²) in [6.45, 7) is 0.737. The molecule has 0 aromatic heterocycles. The Labute approximate surface area is 72.5 Å². The summed E-state index contributed by atoms with van der Waals surface area (Å²) in [5, 5.41) is 2.77. The summed E-state index contributed by atoms with van der Waals surface area (Å²) in [4.78, 5) is 4.51. The zero-order valence-electron chi connectivity index (χ0n) is 6.67. The van der Waals surface area contributed by atoms with E-state index in [1.165, 1.54) is 0 Å². The Morgan fingerprint density at radius 2 is 2.23 bits per heavy atom. The highest BCUT2D eigenvalue weighted by Crippen LogP contribution is 2.15. The van der Waals surface area contributed by atoms with Gasteiger partial charge in [-0.1, -0.05) is 5.16 Å². The van der Waals surface area contributed by atoms with Gasteiger partial charge in [-0.2, -0.15) is 13.2 Å². The van der Waals surface area contributed by atoms with Crippen molar-refractivity contribution in [2.24, 2.45) is 10.9 Å². The highest BCUT2D eigenvalue weighted by atomic mass is 19.4. The molecule has 1 aliphatic heterocycles. The molecule has 1 aliphatic rings. The average molecular weight is 198 g/mol. The van der Waals surface area contributed by atoms with E-state index in [0.717, 1.165) is 0 Å². The van der Waals surface area contributed by atoms with Crippen molar-refractivity contribution in [3.8, 4) is 0 Å². The summed E-state index contributed by atoms with van der Waals surface area (Å²) < 4.78 is 40.1. The van der Waals surface area contributed by atoms with Gasteiger partial charge in [-0.3, -0.25) is 0 Å². The van der Waals surface area contributed by atoms with E-state index in [1.54, 1.807) is 0 Å². The first-order chi connectivity index (χ1) is 6.00. The topological polar surface area (TPSA) is 56.8 Å². The van der Waals surface area contributed by atoms with E-state index in [1.807, 2.05) is 0 Å². The molecule has 1 atom stereocenters. The quantitative estimate of drug-likeness (QED) is 0.402. The molecular weight excluding hydrogens is 189 g/mol. The fourth-order valence-electron chi connectivity index (χ4n) is 0.779. The fraction of sp³-hybridized carbons (Fsp3) is 0.833. The number of nitrogens with zero attached hydrogens (tertiary/aromatic N) is 1. The van der Waals surface area contributed by atoms with Crippen LogP contribution in [-0.4, -0.2) is 31.3 Å². The predicted octanol–water partition coefficient (Wildman–Crippen LogP) is 0.626. The SMILES string of the molecule is N/C(=N\OC1CCOC1)C(F)(F)F. The zero-order chi connectivity index (χ0) is 9.90. The molecule has 1 unspecified atom stereocenters. The smallest absolute Gasteiger partial charge is 0.388 e. The van der Waals surface area contributed by atoms with Crippen molar-refractivity contribution in [1.82, 2.24) is 0 Å². The molecule has 4 nitrogen and oxygen atoms in total. The van der Waals surface area contributed by atoms with Crippen molar-refractivity contribution in [3.05, 3.63) is 0 Å². The second kappa shape index (κ2) is 3.82. The van der Waals surface area contributed by atoms with Gasteiger partial charge in [-0.25, -0.2) is 0 Å². The number of rotatable bonds is 2. The fourth-order valence-corrected chi connectivity index (χ4v) is 0.779. The van der Waals surface area contributed by atoms with Crippen LogP contribution in [0.1, 0.15) is 6.42 Å². The Bertz CT molecular complexity index is 199. The van der Waals surface area contributed by atoms with Crippen LogP contribution in [0.5, 0.6) is 0 Å². The van der Waals surface area contributed by atoms with Gasteiger partial charge < -0.3 is 15.3 Å². The molecule has 0 aromatic carbocycles. The van der Waals surface area contributed by atoms with Gasteiger partial charge in [-0.05, 0) is 0 Å². The maximum Gasteiger partial charge on any atom is 0.452 e. The average Bonchev–Trinajstić information content (AvgIpc) is 2.50. The van der Waals surface area contributed by atoms with Crippen molar-refractivity contribution >= 4 is 5.84 Å². The minimum absolute atomic E-state index is 0.259. The molecule has 7 heteroatoms. The maximum atomic E-state index is 11.8. The van der Waals surface area contributed by atoms with Crippen molar-refractivity contribution in [2.45, 2.75) is 18.7 Å². The van der Waals surface area contributed by atoms with Crippen molar-refractivity contribution < 1.29 is 22.7 Å². The summed E-state index contributed by atoms with van der Waals surface area (Å²) in [5.41, 5.74) is 4.59. The summed E-state index contributed by atoms with van der Waals surface area (Å²) >= 11 is 0. The molecule has 0 aliphatic carbocycles. The van der Waals surface area contributed by atoms with E-state index in [2.05, 4.69) is 15.7 Å². The third-order valence-electron chi connectivity index (χ3n) is 1.48. The molecule has 13 heavy (non-hydrogen) atoms. The van der Waals surface area contributed by atoms with Crippen LogP contribution in [0, 0.1) is 0 Å². The number of ether oxygens (including phenoxy) is 1. The van der Waals surface area contributed by atoms with Gasteiger partial charge in [0.05, 0.1) is 13.2 Å². The van der Waals surface area contributed by atoms with Crippen LogP contribution in [0.25, 0.3) is 0 Å². The van der Waals surface area contributed by atoms with E-state index in [0.29, 0.717) is 13.0 Å². The Kier molecular flexibility index (Phi) is 2.97. The van der Waals surface area contributed by atoms with Gasteiger partial charge in [0.1, 0.15) is 0 Å². The zero-order valence-corrected chi connectivity index (χ0v) is 6.67. The number of amidine groups is 1. The largest absolute Gasteiger partial charge is 0.452 e. The van der Waals surface area contributed by atoms with Gasteiger partial charge >= 0.3 is 6.18 Å². The minimum Gasteiger partial charge on any atom is -0.388 e. The molecule has 0 amide bonds. The molecule has 1 rings (SSSR count). The molecular formula is C6H9F3N2O2. The van der Waals surface area contributed by atoms with Gasteiger partial charge in [-0.15, -0.1) is 0 Å². The number of oxime groups is 1. The van der Waals surface area contributed by atoms with Crippen LogP contribution in [0.15, 0.2) is 5.16 Å². The third-order valence-corrected chi connectivity index (χ3v) is 1.48. The number of halogens is 3. The molecule has 0 saturated carbocycles. The Balaban J connectivity index is 2.38. The van der Waals surface area contributed by atoms with Crippen molar-refractivity contribution in [1.29, 1.82) is 0 Å². The van der Waals surface area contributed by atoms with E-state index >= 15 is 0 Å². The number of nitrogens with two attached hydrogens (primary N) is 1. The molecule has 1 heterocycles. The van der Waals surface area contributed by atoms with E-state index in [9.17, 15) is 13.2 Å². The Morgan fingerprint density at radius 3 is 2.69 bits per heavy atom. The normalized spacial score (nSPS) is 24.8. The van der Waals surface area contributed by atoms with Crippen molar-refractivity contribution in [2.75, 3.05) is 13.2 Å². The first-order valence-electron chi connectivity index (χ1n) is 3.64. The molecule has 0 aromatic rings. The highest BCUT2D eigenvalue weighted by Gasteiger charge is 2.34. The molecule has 1 fully saturated rings. The highest BCUT2D eigenvalue weighted by molar-refractivity contribution is 5.85. The summed E-state index contributed by atoms with van der Waals surface area (Å²) in [5.74, 6) is -1.47. The number of hydrogen-bond acceptors (Lipinski definition) is 3. The molecule has 0 radical (unpaired) electrons. The second-order valence-corrected chi connectivity index (χ2v) is 2.57. The first kappa shape index (κ1) is 10.1. The number of alkyl halides is 3. The predicted molar refractivity (Wildman–Crippen MR) is 38.0 cm³/mol. The van der Waals surface area contributed by atoms with Crippen LogP contribution < -0.4 is 5.73 Å². The lowest BCUT2D eigenvalue weighted by Gasteiger charge is -2.07. The monoisotopic (exact) mass is 198 g/mol. The van der Waals surface area contributed by atoms with Crippen LogP contribution in [0.2, 0.25) is 0 Å². The van der Waals surface area contributed by atoms with Gasteiger partial charge in [0.15, 0.2) is 6.10 Å². The molecule has 0 bridgehead atoms. The van der Waals surface area contributed by atoms with E-state index in [4.69, 9.17) is 4.74 Å². The van der Waals surface area contributed by atoms with Crippen LogP contribution in [0.4, 0.5) is 13.2 Å². The van der Waals surface area contributed by atoms with E-state index in [-0.39, 0.29) is 6.61 Å². The molecule has 1 saturated heterocycles. The Hall–Kier alpha value is -0.980. The second-order valence-electron chi connectivity index (χ2n) is 2.57. The van der Waals surface area contributed by atoms with Gasteiger partial charge in [0.2, 0.25) is 5.84 Å². The lowest BCUT2D eigenvalue weighted by atomic mass is 10.3. The van der Waals surface area contributed by atoms with Gasteiger partial charge in [0, 0.05) is 6.42 Å². The standard InChI is InChI=1S/C6H9F3N2O2/c7-6(8,9)5(10)11-13-4-1-2-12-3-4/h4H,1-3H2,(H2,10,11). The lowest BCUT2D eigenvalue weighted by molar-refractivity contribution is -0.0654. The first-order valence-corrected chi connectivity index (χ1v) is 3.64. The van der Waals surface area contributed by atoms with Crippen LogP contribution in [0.3, 0.4) is 0 Å². The Morgan fingerprint density at radius 1 is 1.54 bits per heavy atom. The number of hydrogen-bond donors (Lipinski definition) is 1. The third kappa shape index (κ3) is 3.10. The maximum absolute atomic E-state index is 11.8. The molecule has 0 spiro atoms. The van der Waals surface area contributed by atoms with Crippen LogP contribution in [-0.2, 0) is 9.57 Å². The lowest BCUT2D eigenvalue weighted by Crippen LogP contribution is -2.32. The minimum atomic E-state index is -4.63. The van der Waals surface area contributed by atoms with Crippen molar-refractivity contribution in [3.63, 3.8) is 0 Å². The molecule has 76 valence electrons. The summed E-state index contributed by atoms with van der Waals surface area (Å²) in [6, 6.07) is 0. The summed E-state index contributed by atoms with van der Waals surface area (Å²) in [6.07, 6.45) is -4.51.